The third kappa shape index (κ3) is 1.48. The largest absolute Gasteiger partial charge is 0.293 e. The average Bonchev–Trinajstić information content (AvgIpc) is 3.32. The number of nitro benzene ring substituents is 1. The Balaban J connectivity index is 1.61. The molecule has 6 nitrogen and oxygen atoms in total. The van der Waals surface area contributed by atoms with E-state index in [0.29, 0.717) is 11.8 Å². The van der Waals surface area contributed by atoms with Gasteiger partial charge in [0.15, 0.2) is 0 Å². The molecule has 1 aromatic carbocycles. The standard InChI is InChI=1S/C17H14N2O4/c20-16-14-8-5-6-9(11-7-10(8)11)15(14)17(21)18(16)12-3-1-2-4-13(12)19(22)23/h1-6,8-11,14-15H,7H2/t8-,9-,10-,11+,14-,15-/m1/s1. The summed E-state index contributed by atoms with van der Waals surface area (Å²) in [7, 11) is 0. The van der Waals surface area contributed by atoms with Crippen LogP contribution in [0.3, 0.4) is 0 Å². The van der Waals surface area contributed by atoms with Crippen molar-refractivity contribution in [2.75, 3.05) is 4.90 Å². The van der Waals surface area contributed by atoms with E-state index in [1.165, 1.54) is 12.1 Å². The molecule has 2 bridgehead atoms. The van der Waals surface area contributed by atoms with Crippen molar-refractivity contribution in [3.63, 3.8) is 0 Å². The van der Waals surface area contributed by atoms with Crippen molar-refractivity contribution in [1.29, 1.82) is 0 Å². The first-order valence-corrected chi connectivity index (χ1v) is 7.89. The molecule has 2 saturated carbocycles. The maximum absolute atomic E-state index is 12.9. The van der Waals surface area contributed by atoms with Crippen molar-refractivity contribution in [1.82, 2.24) is 0 Å². The molecule has 3 fully saturated rings. The maximum Gasteiger partial charge on any atom is 0.293 e. The Morgan fingerprint density at radius 2 is 1.57 bits per heavy atom. The molecule has 0 spiro atoms. The summed E-state index contributed by atoms with van der Waals surface area (Å²) in [5.41, 5.74) is -0.0896. The first-order chi connectivity index (χ1) is 11.1. The second-order valence-corrected chi connectivity index (χ2v) is 6.91. The molecule has 4 aliphatic carbocycles. The van der Waals surface area contributed by atoms with E-state index in [0.717, 1.165) is 11.3 Å². The Hall–Kier alpha value is -2.50. The monoisotopic (exact) mass is 310 g/mol. The minimum atomic E-state index is -0.539. The number of nitrogens with zero attached hydrogens (tertiary/aromatic N) is 2. The Labute approximate surface area is 131 Å². The van der Waals surface area contributed by atoms with Gasteiger partial charge in [0.25, 0.3) is 5.69 Å². The second-order valence-electron chi connectivity index (χ2n) is 6.91. The van der Waals surface area contributed by atoms with Gasteiger partial charge in [0.1, 0.15) is 5.69 Å². The summed E-state index contributed by atoms with van der Waals surface area (Å²) in [5, 5.41) is 11.3. The van der Waals surface area contributed by atoms with Gasteiger partial charge in [0.05, 0.1) is 16.8 Å². The van der Waals surface area contributed by atoms with Gasteiger partial charge < -0.3 is 0 Å². The molecule has 0 unspecified atom stereocenters. The van der Waals surface area contributed by atoms with E-state index in [1.807, 2.05) is 0 Å². The molecule has 1 aromatic rings. The third-order valence-electron chi connectivity index (χ3n) is 5.98. The fraction of sp³-hybridized carbons (Fsp3) is 0.412. The average molecular weight is 310 g/mol. The van der Waals surface area contributed by atoms with Crippen LogP contribution in [-0.4, -0.2) is 16.7 Å². The quantitative estimate of drug-likeness (QED) is 0.363. The Morgan fingerprint density at radius 3 is 2.13 bits per heavy atom. The molecule has 1 aliphatic heterocycles. The lowest BCUT2D eigenvalue weighted by atomic mass is 9.63. The zero-order chi connectivity index (χ0) is 15.9. The number of hydrogen-bond donors (Lipinski definition) is 0. The van der Waals surface area contributed by atoms with Crippen LogP contribution in [0.25, 0.3) is 0 Å². The minimum absolute atomic E-state index is 0.106. The van der Waals surface area contributed by atoms with Crippen molar-refractivity contribution in [3.8, 4) is 0 Å². The summed E-state index contributed by atoms with van der Waals surface area (Å²) >= 11 is 0. The topological polar surface area (TPSA) is 80.5 Å². The number of para-hydroxylation sites is 2. The van der Waals surface area contributed by atoms with Gasteiger partial charge in [0, 0.05) is 6.07 Å². The van der Waals surface area contributed by atoms with Crippen molar-refractivity contribution < 1.29 is 14.5 Å². The van der Waals surface area contributed by atoms with Crippen molar-refractivity contribution >= 4 is 23.2 Å². The van der Waals surface area contributed by atoms with E-state index in [4.69, 9.17) is 0 Å². The van der Waals surface area contributed by atoms with Gasteiger partial charge in [0.2, 0.25) is 11.8 Å². The van der Waals surface area contributed by atoms with Crippen LogP contribution in [0.5, 0.6) is 0 Å². The number of imide groups is 1. The minimum Gasteiger partial charge on any atom is -0.274 e. The predicted molar refractivity (Wildman–Crippen MR) is 80.3 cm³/mol. The number of carbonyl (C=O) groups excluding carboxylic acids is 2. The summed E-state index contributed by atoms with van der Waals surface area (Å²) in [6.07, 6.45) is 5.28. The molecule has 23 heavy (non-hydrogen) atoms. The summed E-state index contributed by atoms with van der Waals surface area (Å²) in [6, 6.07) is 5.98. The Morgan fingerprint density at radius 1 is 1.00 bits per heavy atom. The van der Waals surface area contributed by atoms with Crippen LogP contribution in [0.4, 0.5) is 11.4 Å². The number of benzene rings is 1. The zero-order valence-corrected chi connectivity index (χ0v) is 12.2. The van der Waals surface area contributed by atoms with Crippen LogP contribution in [0.1, 0.15) is 6.42 Å². The normalized spacial score (nSPS) is 39.4. The number of anilines is 1. The number of carbonyl (C=O) groups is 2. The van der Waals surface area contributed by atoms with Crippen LogP contribution in [0, 0.1) is 45.6 Å². The molecule has 6 atom stereocenters. The lowest BCUT2D eigenvalue weighted by molar-refractivity contribution is -0.384. The molecule has 0 N–H and O–H groups in total. The van der Waals surface area contributed by atoms with Crippen LogP contribution in [-0.2, 0) is 9.59 Å². The van der Waals surface area contributed by atoms with Crippen molar-refractivity contribution in [2.24, 2.45) is 35.5 Å². The maximum atomic E-state index is 12.9. The number of amides is 2. The Bertz CT molecular complexity index is 766. The SMILES string of the molecule is O=C1[C@@H]2[C@@H]3C=C[C@H]([C@@H]4C[C@H]34)[C@H]2C(=O)N1c1ccccc1[N+](=O)[O-]. The first-order valence-electron chi connectivity index (χ1n) is 7.89. The third-order valence-corrected chi connectivity index (χ3v) is 5.98. The van der Waals surface area contributed by atoms with E-state index in [1.54, 1.807) is 12.1 Å². The molecular formula is C17H14N2O4. The number of allylic oxidation sites excluding steroid dienone is 2. The van der Waals surface area contributed by atoms with Gasteiger partial charge in [-0.25, -0.2) is 4.90 Å². The van der Waals surface area contributed by atoms with Crippen molar-refractivity contribution in [2.45, 2.75) is 6.42 Å². The molecule has 5 aliphatic rings. The van der Waals surface area contributed by atoms with Gasteiger partial charge in [-0.1, -0.05) is 24.3 Å². The highest BCUT2D eigenvalue weighted by Crippen LogP contribution is 2.65. The summed E-state index contributed by atoms with van der Waals surface area (Å²) < 4.78 is 0. The number of nitro groups is 1. The fourth-order valence-electron chi connectivity index (χ4n) is 5.00. The highest BCUT2D eigenvalue weighted by Gasteiger charge is 2.67. The highest BCUT2D eigenvalue weighted by molar-refractivity contribution is 6.23. The van der Waals surface area contributed by atoms with E-state index in [9.17, 15) is 19.7 Å². The van der Waals surface area contributed by atoms with Crippen LogP contribution < -0.4 is 4.90 Å². The second kappa shape index (κ2) is 4.07. The predicted octanol–water partition coefficient (Wildman–Crippen LogP) is 2.15. The zero-order valence-electron chi connectivity index (χ0n) is 12.2. The molecule has 1 heterocycles. The molecule has 0 aromatic heterocycles. The van der Waals surface area contributed by atoms with Crippen molar-refractivity contribution in [3.05, 3.63) is 46.5 Å². The smallest absolute Gasteiger partial charge is 0.274 e. The molecule has 116 valence electrons. The number of hydrogen-bond acceptors (Lipinski definition) is 4. The van der Waals surface area contributed by atoms with Gasteiger partial charge in [-0.05, 0) is 36.2 Å². The van der Waals surface area contributed by atoms with Crippen LogP contribution in [0.2, 0.25) is 0 Å². The molecule has 6 rings (SSSR count). The van der Waals surface area contributed by atoms with Gasteiger partial charge in [-0.3, -0.25) is 19.7 Å². The fourth-order valence-corrected chi connectivity index (χ4v) is 5.00. The summed E-state index contributed by atoms with van der Waals surface area (Å²) in [5.74, 6) is 0.0981. The van der Waals surface area contributed by atoms with Gasteiger partial charge in [-0.15, -0.1) is 0 Å². The number of rotatable bonds is 2. The molecular weight excluding hydrogens is 296 g/mol. The van der Waals surface area contributed by atoms with Crippen LogP contribution >= 0.6 is 0 Å². The molecule has 6 heteroatoms. The van der Waals surface area contributed by atoms with E-state index < -0.39 is 4.92 Å². The van der Waals surface area contributed by atoms with E-state index >= 15 is 0 Å². The molecule has 0 radical (unpaired) electrons. The lowest BCUT2D eigenvalue weighted by Crippen LogP contribution is -2.40. The first kappa shape index (κ1) is 13.0. The lowest BCUT2D eigenvalue weighted by Gasteiger charge is -2.37. The molecule has 1 saturated heterocycles. The van der Waals surface area contributed by atoms with E-state index in [2.05, 4.69) is 12.2 Å². The highest BCUT2D eigenvalue weighted by atomic mass is 16.6. The summed E-state index contributed by atoms with van der Waals surface area (Å²) in [6.45, 7) is 0. The van der Waals surface area contributed by atoms with Crippen LogP contribution in [0.15, 0.2) is 36.4 Å². The van der Waals surface area contributed by atoms with Gasteiger partial charge in [-0.2, -0.15) is 0 Å². The summed E-state index contributed by atoms with van der Waals surface area (Å²) in [4.78, 5) is 37.6. The van der Waals surface area contributed by atoms with E-state index in [-0.39, 0.29) is 46.9 Å². The molecule has 2 amide bonds. The van der Waals surface area contributed by atoms with Gasteiger partial charge >= 0.3 is 0 Å². The Kier molecular flexibility index (Phi) is 2.30.